The summed E-state index contributed by atoms with van der Waals surface area (Å²) in [6.07, 6.45) is 1.86. The van der Waals surface area contributed by atoms with Crippen molar-refractivity contribution >= 4 is 17.6 Å². The van der Waals surface area contributed by atoms with Crippen molar-refractivity contribution in [1.29, 1.82) is 0 Å². The normalized spacial score (nSPS) is 11.9. The molecule has 0 aliphatic rings. The smallest absolute Gasteiger partial charge is 0.359 e. The molecule has 2 rings (SSSR count). The van der Waals surface area contributed by atoms with Crippen molar-refractivity contribution in [2.75, 3.05) is 5.32 Å². The van der Waals surface area contributed by atoms with Crippen molar-refractivity contribution in [1.82, 2.24) is 9.97 Å². The Morgan fingerprint density at radius 1 is 1.04 bits per heavy atom. The molecule has 1 heterocycles. The van der Waals surface area contributed by atoms with Gasteiger partial charge in [0.2, 0.25) is 0 Å². The number of carbonyl (C=O) groups is 2. The third-order valence-electron chi connectivity index (χ3n) is 3.49. The van der Waals surface area contributed by atoms with Gasteiger partial charge in [-0.3, -0.25) is 9.78 Å². The van der Waals surface area contributed by atoms with Crippen LogP contribution in [0.5, 0.6) is 0 Å². The zero-order valence-electron chi connectivity index (χ0n) is 14.2. The number of rotatable bonds is 5. The van der Waals surface area contributed by atoms with Crippen LogP contribution in [0.3, 0.4) is 0 Å². The van der Waals surface area contributed by atoms with Gasteiger partial charge in [0, 0.05) is 11.9 Å². The lowest BCUT2D eigenvalue weighted by molar-refractivity contribution is -0.123. The van der Waals surface area contributed by atoms with Gasteiger partial charge in [-0.25, -0.2) is 9.78 Å². The maximum Gasteiger partial charge on any atom is 0.359 e. The molecule has 0 unspecified atom stereocenters. The van der Waals surface area contributed by atoms with E-state index in [0.717, 1.165) is 0 Å². The van der Waals surface area contributed by atoms with E-state index in [1.165, 1.54) is 24.9 Å². The van der Waals surface area contributed by atoms with Crippen LogP contribution in [0.1, 0.15) is 48.4 Å². The van der Waals surface area contributed by atoms with Gasteiger partial charge in [-0.1, -0.05) is 26.0 Å². The molecule has 0 spiro atoms. The van der Waals surface area contributed by atoms with E-state index in [-0.39, 0.29) is 5.69 Å². The number of esters is 1. The Labute approximate surface area is 141 Å². The Morgan fingerprint density at radius 2 is 1.71 bits per heavy atom. The third-order valence-corrected chi connectivity index (χ3v) is 3.49. The minimum absolute atomic E-state index is 0.0709. The van der Waals surface area contributed by atoms with Crippen LogP contribution in [0.15, 0.2) is 36.7 Å². The SMILES string of the molecule is Cc1cnc(C(=O)O[C@H](C)C(=O)Nc2ccc(C(C)C)cc2)cn1. The second kappa shape index (κ2) is 7.68. The fourth-order valence-electron chi connectivity index (χ4n) is 1.97. The van der Waals surface area contributed by atoms with Gasteiger partial charge >= 0.3 is 5.97 Å². The number of nitrogens with zero attached hydrogens (tertiary/aromatic N) is 2. The Kier molecular flexibility index (Phi) is 5.63. The molecule has 1 amide bonds. The number of benzene rings is 1. The number of hydrogen-bond donors (Lipinski definition) is 1. The molecule has 0 fully saturated rings. The number of aromatic nitrogens is 2. The minimum atomic E-state index is -0.939. The second-order valence-electron chi connectivity index (χ2n) is 5.86. The first-order valence-electron chi connectivity index (χ1n) is 7.77. The van der Waals surface area contributed by atoms with E-state index in [2.05, 4.69) is 29.1 Å². The summed E-state index contributed by atoms with van der Waals surface area (Å²) in [6.45, 7) is 7.48. The predicted octanol–water partition coefficient (Wildman–Crippen LogP) is 3.09. The van der Waals surface area contributed by atoms with E-state index in [0.29, 0.717) is 17.3 Å². The first kappa shape index (κ1) is 17.6. The standard InChI is InChI=1S/C18H21N3O3/c1-11(2)14-5-7-15(8-6-14)21-17(22)13(4)24-18(23)16-10-19-12(3)9-20-16/h5-11,13H,1-4H3,(H,21,22)/t13-/m1/s1. The van der Waals surface area contributed by atoms with E-state index < -0.39 is 18.0 Å². The van der Waals surface area contributed by atoms with Gasteiger partial charge in [-0.15, -0.1) is 0 Å². The highest BCUT2D eigenvalue weighted by atomic mass is 16.5. The van der Waals surface area contributed by atoms with Crippen LogP contribution in [0.25, 0.3) is 0 Å². The molecule has 0 radical (unpaired) electrons. The van der Waals surface area contributed by atoms with Crippen LogP contribution in [-0.2, 0) is 9.53 Å². The molecule has 1 N–H and O–H groups in total. The number of amides is 1. The van der Waals surface area contributed by atoms with Crippen molar-refractivity contribution in [3.05, 3.63) is 53.6 Å². The molecule has 1 aromatic carbocycles. The lowest BCUT2D eigenvalue weighted by Gasteiger charge is -2.14. The lowest BCUT2D eigenvalue weighted by Crippen LogP contribution is -2.30. The van der Waals surface area contributed by atoms with Crippen molar-refractivity contribution in [2.24, 2.45) is 0 Å². The van der Waals surface area contributed by atoms with E-state index in [1.54, 1.807) is 6.92 Å². The Balaban J connectivity index is 1.94. The van der Waals surface area contributed by atoms with Crippen LogP contribution in [0, 0.1) is 6.92 Å². The zero-order valence-corrected chi connectivity index (χ0v) is 14.2. The second-order valence-corrected chi connectivity index (χ2v) is 5.86. The van der Waals surface area contributed by atoms with Crippen LogP contribution in [0.2, 0.25) is 0 Å². The zero-order chi connectivity index (χ0) is 17.7. The van der Waals surface area contributed by atoms with Gasteiger partial charge in [0.15, 0.2) is 11.8 Å². The molecule has 24 heavy (non-hydrogen) atoms. The van der Waals surface area contributed by atoms with Gasteiger partial charge in [-0.2, -0.15) is 0 Å². The van der Waals surface area contributed by atoms with E-state index in [4.69, 9.17) is 4.74 Å². The molecule has 1 atom stereocenters. The Bertz CT molecular complexity index is 709. The molecular formula is C18H21N3O3. The number of hydrogen-bond acceptors (Lipinski definition) is 5. The largest absolute Gasteiger partial charge is 0.448 e. The number of carbonyl (C=O) groups excluding carboxylic acids is 2. The summed E-state index contributed by atoms with van der Waals surface area (Å²) in [5.74, 6) is -0.661. The average Bonchev–Trinajstić information content (AvgIpc) is 2.55. The van der Waals surface area contributed by atoms with Gasteiger partial charge in [-0.05, 0) is 37.5 Å². The molecule has 0 bridgehead atoms. The first-order chi connectivity index (χ1) is 11.4. The number of anilines is 1. The molecule has 6 heteroatoms. The number of aryl methyl sites for hydroxylation is 1. The predicted molar refractivity (Wildman–Crippen MR) is 90.8 cm³/mol. The van der Waals surface area contributed by atoms with Crippen molar-refractivity contribution < 1.29 is 14.3 Å². The molecule has 0 aliphatic carbocycles. The summed E-state index contributed by atoms with van der Waals surface area (Å²) in [7, 11) is 0. The van der Waals surface area contributed by atoms with Crippen LogP contribution >= 0.6 is 0 Å². The van der Waals surface area contributed by atoms with Crippen LogP contribution < -0.4 is 5.32 Å². The quantitative estimate of drug-likeness (QED) is 0.854. The highest BCUT2D eigenvalue weighted by Gasteiger charge is 2.20. The summed E-state index contributed by atoms with van der Waals surface area (Å²) in [5, 5.41) is 2.72. The van der Waals surface area contributed by atoms with E-state index in [9.17, 15) is 9.59 Å². The fourth-order valence-corrected chi connectivity index (χ4v) is 1.97. The lowest BCUT2D eigenvalue weighted by atomic mass is 10.0. The van der Waals surface area contributed by atoms with Gasteiger partial charge in [0.1, 0.15) is 0 Å². The van der Waals surface area contributed by atoms with Gasteiger partial charge < -0.3 is 10.1 Å². The molecule has 0 saturated heterocycles. The molecule has 0 saturated carbocycles. The highest BCUT2D eigenvalue weighted by Crippen LogP contribution is 2.17. The van der Waals surface area contributed by atoms with E-state index in [1.807, 2.05) is 24.3 Å². The van der Waals surface area contributed by atoms with Gasteiger partial charge in [0.05, 0.1) is 11.9 Å². The minimum Gasteiger partial charge on any atom is -0.448 e. The summed E-state index contributed by atoms with van der Waals surface area (Å²) in [4.78, 5) is 32.0. The fraction of sp³-hybridized carbons (Fsp3) is 0.333. The molecule has 2 aromatic rings. The first-order valence-corrected chi connectivity index (χ1v) is 7.77. The van der Waals surface area contributed by atoms with Crippen molar-refractivity contribution in [2.45, 2.75) is 39.7 Å². The Hall–Kier alpha value is -2.76. The molecule has 126 valence electrons. The number of nitrogens with one attached hydrogen (secondary N) is 1. The molecule has 1 aromatic heterocycles. The van der Waals surface area contributed by atoms with Crippen LogP contribution in [0.4, 0.5) is 5.69 Å². The third kappa shape index (κ3) is 4.62. The maximum atomic E-state index is 12.1. The molecular weight excluding hydrogens is 306 g/mol. The van der Waals surface area contributed by atoms with Crippen molar-refractivity contribution in [3.63, 3.8) is 0 Å². The summed E-state index contributed by atoms with van der Waals surface area (Å²) in [6, 6.07) is 7.57. The summed E-state index contributed by atoms with van der Waals surface area (Å²) >= 11 is 0. The topological polar surface area (TPSA) is 81.2 Å². The number of ether oxygens (including phenoxy) is 1. The van der Waals surface area contributed by atoms with Crippen molar-refractivity contribution in [3.8, 4) is 0 Å². The monoisotopic (exact) mass is 327 g/mol. The summed E-state index contributed by atoms with van der Waals surface area (Å²) in [5.41, 5.74) is 2.61. The average molecular weight is 327 g/mol. The highest BCUT2D eigenvalue weighted by molar-refractivity contribution is 5.96. The Morgan fingerprint density at radius 3 is 2.25 bits per heavy atom. The van der Waals surface area contributed by atoms with Gasteiger partial charge in [0.25, 0.3) is 5.91 Å². The van der Waals surface area contributed by atoms with Crippen LogP contribution in [-0.4, -0.2) is 27.9 Å². The molecule has 6 nitrogen and oxygen atoms in total. The summed E-state index contributed by atoms with van der Waals surface area (Å²) < 4.78 is 5.12. The molecule has 0 aliphatic heterocycles. The maximum absolute atomic E-state index is 12.1. The van der Waals surface area contributed by atoms with E-state index >= 15 is 0 Å².